The summed E-state index contributed by atoms with van der Waals surface area (Å²) >= 11 is 6.29. The van der Waals surface area contributed by atoms with Crippen molar-refractivity contribution in [3.63, 3.8) is 0 Å². The van der Waals surface area contributed by atoms with E-state index in [1.807, 2.05) is 6.07 Å². The number of halogens is 3. The van der Waals surface area contributed by atoms with E-state index in [1.54, 1.807) is 6.07 Å². The lowest BCUT2D eigenvalue weighted by Gasteiger charge is -2.43. The van der Waals surface area contributed by atoms with Crippen LogP contribution in [0.15, 0.2) is 18.2 Å². The van der Waals surface area contributed by atoms with Gasteiger partial charge >= 0.3 is 0 Å². The molecule has 1 N–H and O–H groups in total. The molecule has 112 valence electrons. The minimum absolute atomic E-state index is 0. The second-order valence-electron chi connectivity index (χ2n) is 5.56. The molecule has 1 heterocycles. The zero-order valence-electron chi connectivity index (χ0n) is 11.4. The fourth-order valence-electron chi connectivity index (χ4n) is 3.23. The SMILES string of the molecule is Cl.Fc1cccc(Cl)c1[C@H](C1CCC1)N1CCNCC1. The standard InChI is InChI=1S/C15H20ClFN2.ClH/c16-12-5-2-6-13(17)14(12)15(11-3-1-4-11)19-9-7-18-8-10-19;/h2,5-6,11,15,18H,1,3-4,7-10H2;1H/t15-;/m0./s1. The van der Waals surface area contributed by atoms with Crippen molar-refractivity contribution in [1.82, 2.24) is 10.2 Å². The Bertz CT molecular complexity index is 425. The van der Waals surface area contributed by atoms with Gasteiger partial charge in [0.15, 0.2) is 0 Å². The molecule has 2 aliphatic rings. The first kappa shape index (κ1) is 16.0. The van der Waals surface area contributed by atoms with Gasteiger partial charge in [-0.3, -0.25) is 4.90 Å². The Morgan fingerprint density at radius 3 is 2.50 bits per heavy atom. The first-order valence-corrected chi connectivity index (χ1v) is 7.54. The maximum atomic E-state index is 14.2. The van der Waals surface area contributed by atoms with Crippen LogP contribution in [0.1, 0.15) is 30.9 Å². The Kier molecular flexibility index (Phi) is 5.67. The van der Waals surface area contributed by atoms with Gasteiger partial charge in [-0.1, -0.05) is 24.1 Å². The molecule has 20 heavy (non-hydrogen) atoms. The molecule has 0 bridgehead atoms. The van der Waals surface area contributed by atoms with Crippen molar-refractivity contribution in [2.45, 2.75) is 25.3 Å². The van der Waals surface area contributed by atoms with Crippen molar-refractivity contribution in [2.75, 3.05) is 26.2 Å². The number of hydrogen-bond acceptors (Lipinski definition) is 2. The first-order valence-electron chi connectivity index (χ1n) is 7.16. The number of rotatable bonds is 3. The largest absolute Gasteiger partial charge is 0.314 e. The molecule has 1 aromatic carbocycles. The lowest BCUT2D eigenvalue weighted by atomic mass is 9.76. The highest BCUT2D eigenvalue weighted by Crippen LogP contribution is 2.44. The second-order valence-corrected chi connectivity index (χ2v) is 5.96. The minimum atomic E-state index is -0.150. The maximum absolute atomic E-state index is 14.2. The minimum Gasteiger partial charge on any atom is -0.314 e. The van der Waals surface area contributed by atoms with Gasteiger partial charge in [0.2, 0.25) is 0 Å². The quantitative estimate of drug-likeness (QED) is 0.915. The van der Waals surface area contributed by atoms with E-state index >= 15 is 0 Å². The van der Waals surface area contributed by atoms with E-state index in [4.69, 9.17) is 11.6 Å². The molecule has 2 nitrogen and oxygen atoms in total. The fraction of sp³-hybridized carbons (Fsp3) is 0.600. The molecule has 0 aromatic heterocycles. The maximum Gasteiger partial charge on any atom is 0.129 e. The summed E-state index contributed by atoms with van der Waals surface area (Å²) in [5, 5.41) is 3.94. The van der Waals surface area contributed by atoms with Crippen LogP contribution in [0.25, 0.3) is 0 Å². The monoisotopic (exact) mass is 318 g/mol. The van der Waals surface area contributed by atoms with Gasteiger partial charge in [0.05, 0.1) is 0 Å². The van der Waals surface area contributed by atoms with Crippen LogP contribution in [0, 0.1) is 11.7 Å². The Hall–Kier alpha value is -0.350. The van der Waals surface area contributed by atoms with E-state index in [0.29, 0.717) is 10.9 Å². The van der Waals surface area contributed by atoms with Crippen LogP contribution in [0.4, 0.5) is 4.39 Å². The Balaban J connectivity index is 0.00000147. The van der Waals surface area contributed by atoms with Crippen LogP contribution in [-0.2, 0) is 0 Å². The van der Waals surface area contributed by atoms with Crippen molar-refractivity contribution >= 4 is 24.0 Å². The first-order chi connectivity index (χ1) is 9.27. The van der Waals surface area contributed by atoms with Crippen molar-refractivity contribution in [1.29, 1.82) is 0 Å². The third-order valence-corrected chi connectivity index (χ3v) is 4.77. The number of nitrogens with one attached hydrogen (secondary N) is 1. The van der Waals surface area contributed by atoms with E-state index in [1.165, 1.54) is 25.3 Å². The van der Waals surface area contributed by atoms with Gasteiger partial charge in [0, 0.05) is 42.8 Å². The van der Waals surface area contributed by atoms with Crippen molar-refractivity contribution < 1.29 is 4.39 Å². The molecule has 3 rings (SSSR count). The summed E-state index contributed by atoms with van der Waals surface area (Å²) in [7, 11) is 0. The van der Waals surface area contributed by atoms with Gasteiger partial charge in [-0.2, -0.15) is 0 Å². The van der Waals surface area contributed by atoms with Crippen LogP contribution >= 0.6 is 24.0 Å². The predicted octanol–water partition coefficient (Wildman–Crippen LogP) is 3.65. The smallest absolute Gasteiger partial charge is 0.129 e. The lowest BCUT2D eigenvalue weighted by molar-refractivity contribution is 0.0812. The summed E-state index contributed by atoms with van der Waals surface area (Å²) in [4.78, 5) is 2.41. The second kappa shape index (κ2) is 7.08. The molecular weight excluding hydrogens is 298 g/mol. The summed E-state index contributed by atoms with van der Waals surface area (Å²) in [6, 6.07) is 5.20. The molecular formula is C15H21Cl2FN2. The summed E-state index contributed by atoms with van der Waals surface area (Å²) in [6.45, 7) is 3.92. The fourth-order valence-corrected chi connectivity index (χ4v) is 3.50. The molecule has 1 saturated heterocycles. The zero-order chi connectivity index (χ0) is 13.2. The molecule has 0 amide bonds. The molecule has 1 atom stereocenters. The number of hydrogen-bond donors (Lipinski definition) is 1. The molecule has 0 spiro atoms. The molecule has 1 aliphatic carbocycles. The number of benzene rings is 1. The van der Waals surface area contributed by atoms with Crippen molar-refractivity contribution in [3.05, 3.63) is 34.6 Å². The van der Waals surface area contributed by atoms with E-state index in [-0.39, 0.29) is 24.3 Å². The summed E-state index contributed by atoms with van der Waals surface area (Å²) in [5.74, 6) is 0.412. The van der Waals surface area contributed by atoms with Crippen LogP contribution in [0.2, 0.25) is 5.02 Å². The average Bonchev–Trinajstić information content (AvgIpc) is 2.36. The predicted molar refractivity (Wildman–Crippen MR) is 83.2 cm³/mol. The van der Waals surface area contributed by atoms with Gasteiger partial charge in [-0.15, -0.1) is 12.4 Å². The van der Waals surface area contributed by atoms with Crippen molar-refractivity contribution in [2.24, 2.45) is 5.92 Å². The summed E-state index contributed by atoms with van der Waals surface area (Å²) < 4.78 is 14.2. The van der Waals surface area contributed by atoms with Crippen LogP contribution < -0.4 is 5.32 Å². The Morgan fingerprint density at radius 2 is 1.95 bits per heavy atom. The van der Waals surface area contributed by atoms with Crippen LogP contribution in [-0.4, -0.2) is 31.1 Å². The van der Waals surface area contributed by atoms with Gasteiger partial charge in [0.1, 0.15) is 5.82 Å². The Labute approximate surface area is 131 Å². The summed E-state index contributed by atoms with van der Waals surface area (Å²) in [6.07, 6.45) is 3.65. The van der Waals surface area contributed by atoms with E-state index < -0.39 is 0 Å². The molecule has 1 saturated carbocycles. The molecule has 0 radical (unpaired) electrons. The zero-order valence-corrected chi connectivity index (χ0v) is 13.0. The van der Waals surface area contributed by atoms with Gasteiger partial charge < -0.3 is 5.32 Å². The van der Waals surface area contributed by atoms with E-state index in [9.17, 15) is 4.39 Å². The number of piperazine rings is 1. The third kappa shape index (κ3) is 3.11. The topological polar surface area (TPSA) is 15.3 Å². The van der Waals surface area contributed by atoms with Gasteiger partial charge in [-0.05, 0) is 30.9 Å². The van der Waals surface area contributed by atoms with Gasteiger partial charge in [-0.25, -0.2) is 4.39 Å². The Morgan fingerprint density at radius 1 is 1.25 bits per heavy atom. The molecule has 2 fully saturated rings. The van der Waals surface area contributed by atoms with Gasteiger partial charge in [0.25, 0.3) is 0 Å². The molecule has 1 aromatic rings. The lowest BCUT2D eigenvalue weighted by Crippen LogP contribution is -2.48. The van der Waals surface area contributed by atoms with Crippen molar-refractivity contribution in [3.8, 4) is 0 Å². The summed E-state index contributed by atoms with van der Waals surface area (Å²) in [5.41, 5.74) is 0.718. The van der Waals surface area contributed by atoms with E-state index in [0.717, 1.165) is 31.7 Å². The number of nitrogens with zero attached hydrogens (tertiary/aromatic N) is 1. The molecule has 5 heteroatoms. The highest BCUT2D eigenvalue weighted by atomic mass is 35.5. The molecule has 0 unspecified atom stereocenters. The highest BCUT2D eigenvalue weighted by Gasteiger charge is 2.36. The van der Waals surface area contributed by atoms with Crippen LogP contribution in [0.5, 0.6) is 0 Å². The normalized spacial score (nSPS) is 21.9. The third-order valence-electron chi connectivity index (χ3n) is 4.44. The highest BCUT2D eigenvalue weighted by molar-refractivity contribution is 6.31. The van der Waals surface area contributed by atoms with Crippen LogP contribution in [0.3, 0.4) is 0 Å². The van der Waals surface area contributed by atoms with E-state index in [2.05, 4.69) is 10.2 Å². The average molecular weight is 319 g/mol. The molecule has 1 aliphatic heterocycles.